The van der Waals surface area contributed by atoms with Gasteiger partial charge in [-0.25, -0.2) is 0 Å². The number of nitrogens with one attached hydrogen (secondary N) is 1. The summed E-state index contributed by atoms with van der Waals surface area (Å²) in [7, 11) is 0. The molecular formula is C22H24N4O2S2. The molecule has 1 atom stereocenters. The van der Waals surface area contributed by atoms with E-state index in [0.717, 1.165) is 53.2 Å². The molecule has 2 aromatic heterocycles. The minimum Gasteiger partial charge on any atom is -0.351 e. The molecule has 0 radical (unpaired) electrons. The van der Waals surface area contributed by atoms with Crippen molar-refractivity contribution in [1.29, 1.82) is 0 Å². The Morgan fingerprint density at radius 1 is 1.17 bits per heavy atom. The first-order chi connectivity index (χ1) is 14.5. The molecule has 1 aliphatic rings. The third kappa shape index (κ3) is 4.44. The smallest absolute Gasteiger partial charge is 0.280 e. The second-order valence-electron chi connectivity index (χ2n) is 7.72. The van der Waals surface area contributed by atoms with Gasteiger partial charge in [0, 0.05) is 22.0 Å². The minimum atomic E-state index is -0.763. The maximum absolute atomic E-state index is 13.6. The molecule has 4 rings (SSSR count). The highest BCUT2D eigenvalue weighted by molar-refractivity contribution is 7.10. The number of carbonyl (C=O) groups is 2. The third-order valence-corrected chi connectivity index (χ3v) is 6.73. The van der Waals surface area contributed by atoms with Gasteiger partial charge in [-0.1, -0.05) is 29.5 Å². The Labute approximate surface area is 184 Å². The van der Waals surface area contributed by atoms with Crippen LogP contribution >= 0.6 is 22.9 Å². The molecule has 156 valence electrons. The maximum Gasteiger partial charge on any atom is 0.280 e. The molecular weight excluding hydrogens is 416 g/mol. The normalized spacial score (nSPS) is 15.1. The summed E-state index contributed by atoms with van der Waals surface area (Å²) in [6.07, 6.45) is 4.21. The number of carbonyl (C=O) groups excluding carboxylic acids is 2. The molecule has 2 amide bonds. The second-order valence-corrected chi connectivity index (χ2v) is 9.31. The number of aryl methyl sites for hydroxylation is 2. The van der Waals surface area contributed by atoms with Crippen LogP contribution < -0.4 is 10.2 Å². The molecule has 8 heteroatoms. The number of nitrogens with zero attached hydrogens (tertiary/aromatic N) is 3. The summed E-state index contributed by atoms with van der Waals surface area (Å²) >= 11 is 2.60. The molecule has 1 aliphatic carbocycles. The molecule has 0 bridgehead atoms. The van der Waals surface area contributed by atoms with Crippen LogP contribution in [0.3, 0.4) is 0 Å². The average Bonchev–Trinajstić information content (AvgIpc) is 3.48. The first kappa shape index (κ1) is 20.7. The van der Waals surface area contributed by atoms with Crippen molar-refractivity contribution in [3.63, 3.8) is 0 Å². The number of rotatable bonds is 6. The Kier molecular flexibility index (Phi) is 6.24. The van der Waals surface area contributed by atoms with E-state index < -0.39 is 6.04 Å². The van der Waals surface area contributed by atoms with Crippen molar-refractivity contribution in [3.05, 3.63) is 62.8 Å². The van der Waals surface area contributed by atoms with Crippen LogP contribution in [0.25, 0.3) is 0 Å². The highest BCUT2D eigenvalue weighted by Gasteiger charge is 2.36. The SMILES string of the molecule is Cc1cc(C)cc(N(C(=O)c2csnn2)C(C(=O)NC2CCCC2)c2cccs2)c1. The number of amides is 2. The minimum absolute atomic E-state index is 0.153. The van der Waals surface area contributed by atoms with Crippen molar-refractivity contribution in [1.82, 2.24) is 14.9 Å². The van der Waals surface area contributed by atoms with Gasteiger partial charge in [-0.3, -0.25) is 14.5 Å². The molecule has 1 aromatic carbocycles. The van der Waals surface area contributed by atoms with E-state index in [1.807, 2.05) is 43.5 Å². The fourth-order valence-corrected chi connectivity index (χ4v) is 5.27. The van der Waals surface area contributed by atoms with Crippen LogP contribution in [0.15, 0.2) is 41.1 Å². The standard InChI is InChI=1S/C22H24N4O2S2/c1-14-10-15(2)12-17(11-14)26(22(28)18-13-30-25-24-18)20(19-8-5-9-29-19)21(27)23-16-6-3-4-7-16/h5,8-13,16,20H,3-4,6-7H2,1-2H3,(H,23,27). The van der Waals surface area contributed by atoms with Gasteiger partial charge in [0.1, 0.15) is 0 Å². The Hall–Kier alpha value is -2.58. The van der Waals surface area contributed by atoms with Crippen LogP contribution in [-0.4, -0.2) is 27.4 Å². The zero-order valence-electron chi connectivity index (χ0n) is 17.0. The third-order valence-electron chi connectivity index (χ3n) is 5.30. The Morgan fingerprint density at radius 2 is 1.90 bits per heavy atom. The summed E-state index contributed by atoms with van der Waals surface area (Å²) in [4.78, 5) is 29.5. The van der Waals surface area contributed by atoms with E-state index in [0.29, 0.717) is 5.69 Å². The van der Waals surface area contributed by atoms with Crippen molar-refractivity contribution in [2.75, 3.05) is 4.90 Å². The van der Waals surface area contributed by atoms with Gasteiger partial charge in [-0.2, -0.15) is 0 Å². The van der Waals surface area contributed by atoms with Gasteiger partial charge >= 0.3 is 0 Å². The van der Waals surface area contributed by atoms with Gasteiger partial charge < -0.3 is 5.32 Å². The lowest BCUT2D eigenvalue weighted by Crippen LogP contribution is -2.46. The molecule has 0 saturated heterocycles. The lowest BCUT2D eigenvalue weighted by Gasteiger charge is -2.31. The highest BCUT2D eigenvalue weighted by Crippen LogP contribution is 2.33. The van der Waals surface area contributed by atoms with Gasteiger partial charge in [0.25, 0.3) is 5.91 Å². The number of benzene rings is 1. The van der Waals surface area contributed by atoms with Gasteiger partial charge in [0.2, 0.25) is 5.91 Å². The summed E-state index contributed by atoms with van der Waals surface area (Å²) in [5, 5.41) is 10.7. The Morgan fingerprint density at radius 3 is 2.50 bits per heavy atom. The Bertz CT molecular complexity index is 992. The second kappa shape index (κ2) is 9.06. The van der Waals surface area contributed by atoms with Crippen molar-refractivity contribution in [3.8, 4) is 0 Å². The maximum atomic E-state index is 13.6. The largest absolute Gasteiger partial charge is 0.351 e. The molecule has 1 unspecified atom stereocenters. The number of hydrogen-bond acceptors (Lipinski definition) is 6. The molecule has 2 heterocycles. The van der Waals surface area contributed by atoms with E-state index in [9.17, 15) is 9.59 Å². The molecule has 1 fully saturated rings. The predicted octanol–water partition coefficient (Wildman–Crippen LogP) is 4.66. The van der Waals surface area contributed by atoms with E-state index in [4.69, 9.17) is 0 Å². The quantitative estimate of drug-likeness (QED) is 0.605. The van der Waals surface area contributed by atoms with Crippen molar-refractivity contribution < 1.29 is 9.59 Å². The first-order valence-electron chi connectivity index (χ1n) is 10.1. The van der Waals surface area contributed by atoms with Crippen LogP contribution in [0.1, 0.15) is 58.2 Å². The molecule has 0 aliphatic heterocycles. The number of hydrogen-bond donors (Lipinski definition) is 1. The summed E-state index contributed by atoms with van der Waals surface area (Å²) in [6.45, 7) is 3.98. The summed E-state index contributed by atoms with van der Waals surface area (Å²) in [5.74, 6) is -0.478. The average molecular weight is 441 g/mol. The Balaban J connectivity index is 1.79. The topological polar surface area (TPSA) is 75.2 Å². The zero-order valence-corrected chi connectivity index (χ0v) is 18.6. The summed E-state index contributed by atoms with van der Waals surface area (Å²) in [5.41, 5.74) is 2.99. The van der Waals surface area contributed by atoms with Crippen LogP contribution in [0.4, 0.5) is 5.69 Å². The van der Waals surface area contributed by atoms with Gasteiger partial charge in [-0.05, 0) is 72.9 Å². The first-order valence-corrected chi connectivity index (χ1v) is 11.8. The number of thiophene rings is 1. The van der Waals surface area contributed by atoms with E-state index >= 15 is 0 Å². The van der Waals surface area contributed by atoms with Crippen molar-refractivity contribution >= 4 is 40.4 Å². The summed E-state index contributed by atoms with van der Waals surface area (Å²) in [6, 6.07) is 9.14. The van der Waals surface area contributed by atoms with Crippen LogP contribution in [0, 0.1) is 13.8 Å². The van der Waals surface area contributed by atoms with E-state index in [1.54, 1.807) is 10.3 Å². The molecule has 0 spiro atoms. The van der Waals surface area contributed by atoms with Crippen LogP contribution in [0.5, 0.6) is 0 Å². The van der Waals surface area contributed by atoms with Crippen molar-refractivity contribution in [2.45, 2.75) is 51.6 Å². The fourth-order valence-electron chi connectivity index (χ4n) is 4.03. The predicted molar refractivity (Wildman–Crippen MR) is 120 cm³/mol. The van der Waals surface area contributed by atoms with Gasteiger partial charge in [0.15, 0.2) is 11.7 Å². The lowest BCUT2D eigenvalue weighted by atomic mass is 10.1. The molecule has 6 nitrogen and oxygen atoms in total. The highest BCUT2D eigenvalue weighted by atomic mass is 32.1. The van der Waals surface area contributed by atoms with Crippen LogP contribution in [-0.2, 0) is 4.79 Å². The molecule has 1 saturated carbocycles. The van der Waals surface area contributed by atoms with E-state index in [-0.39, 0.29) is 23.6 Å². The number of aromatic nitrogens is 2. The van der Waals surface area contributed by atoms with Gasteiger partial charge in [-0.15, -0.1) is 16.4 Å². The lowest BCUT2D eigenvalue weighted by molar-refractivity contribution is -0.123. The molecule has 3 aromatic rings. The van der Waals surface area contributed by atoms with E-state index in [2.05, 4.69) is 21.0 Å². The molecule has 30 heavy (non-hydrogen) atoms. The monoisotopic (exact) mass is 440 g/mol. The van der Waals surface area contributed by atoms with Crippen molar-refractivity contribution in [2.24, 2.45) is 0 Å². The van der Waals surface area contributed by atoms with Crippen LogP contribution in [0.2, 0.25) is 0 Å². The van der Waals surface area contributed by atoms with E-state index in [1.165, 1.54) is 11.3 Å². The number of anilines is 1. The zero-order chi connectivity index (χ0) is 21.1. The fraction of sp³-hybridized carbons (Fsp3) is 0.364. The summed E-state index contributed by atoms with van der Waals surface area (Å²) < 4.78 is 3.85. The van der Waals surface area contributed by atoms with Gasteiger partial charge in [0.05, 0.1) is 0 Å². The molecule has 1 N–H and O–H groups in total.